The number of benzene rings is 1. The third-order valence-electron chi connectivity index (χ3n) is 3.19. The molecular weight excluding hydrogens is 280 g/mol. The summed E-state index contributed by atoms with van der Waals surface area (Å²) in [6.07, 6.45) is -0.00285. The highest BCUT2D eigenvalue weighted by Crippen LogP contribution is 2.15. The summed E-state index contributed by atoms with van der Waals surface area (Å²) >= 11 is 0. The van der Waals surface area contributed by atoms with Crippen LogP contribution in [0.3, 0.4) is 0 Å². The first-order valence-electron chi connectivity index (χ1n) is 6.38. The van der Waals surface area contributed by atoms with E-state index in [1.807, 2.05) is 6.92 Å². The van der Waals surface area contributed by atoms with Crippen molar-refractivity contribution >= 4 is 15.9 Å². The normalized spacial score (nSPS) is 19.9. The quantitative estimate of drug-likeness (QED) is 0.879. The fraction of sp³-hybridized carbons (Fsp3) is 0.462. The lowest BCUT2D eigenvalue weighted by Crippen LogP contribution is -2.44. The van der Waals surface area contributed by atoms with Gasteiger partial charge in [0.15, 0.2) is 0 Å². The topological polar surface area (TPSA) is 75.7 Å². The van der Waals surface area contributed by atoms with Crippen molar-refractivity contribution in [3.63, 3.8) is 0 Å². The van der Waals surface area contributed by atoms with Crippen molar-refractivity contribution in [3.8, 4) is 0 Å². The van der Waals surface area contributed by atoms with E-state index in [4.69, 9.17) is 4.74 Å². The Morgan fingerprint density at radius 3 is 2.85 bits per heavy atom. The van der Waals surface area contributed by atoms with Gasteiger partial charge in [0.2, 0.25) is 10.0 Å². The monoisotopic (exact) mass is 298 g/mol. The number of hydrogen-bond donors (Lipinski definition) is 1. The summed E-state index contributed by atoms with van der Waals surface area (Å²) in [6.45, 7) is 3.44. The maximum atomic E-state index is 12.4. The molecule has 6 nitrogen and oxygen atoms in total. The van der Waals surface area contributed by atoms with E-state index in [2.05, 4.69) is 4.72 Å². The molecule has 110 valence electrons. The lowest BCUT2D eigenvalue weighted by atomic mass is 10.2. The number of carbonyl (C=O) groups is 1. The fourth-order valence-electron chi connectivity index (χ4n) is 2.10. The van der Waals surface area contributed by atoms with E-state index < -0.39 is 10.0 Å². The number of amides is 1. The summed E-state index contributed by atoms with van der Waals surface area (Å²) in [5.41, 5.74) is 0.371. The summed E-state index contributed by atoms with van der Waals surface area (Å²) < 4.78 is 31.1. The second kappa shape index (κ2) is 5.90. The molecule has 1 unspecified atom stereocenters. The summed E-state index contributed by atoms with van der Waals surface area (Å²) in [5.74, 6) is -0.173. The first-order valence-corrected chi connectivity index (χ1v) is 7.87. The molecule has 0 radical (unpaired) electrons. The number of sulfonamides is 1. The van der Waals surface area contributed by atoms with E-state index in [1.165, 1.54) is 19.2 Å². The zero-order chi connectivity index (χ0) is 14.8. The van der Waals surface area contributed by atoms with Crippen molar-refractivity contribution in [1.82, 2.24) is 9.62 Å². The lowest BCUT2D eigenvalue weighted by Gasteiger charge is -2.31. The number of nitrogens with zero attached hydrogens (tertiary/aromatic N) is 1. The molecule has 20 heavy (non-hydrogen) atoms. The average Bonchev–Trinajstić information content (AvgIpc) is 2.46. The van der Waals surface area contributed by atoms with Gasteiger partial charge in [0, 0.05) is 18.7 Å². The van der Waals surface area contributed by atoms with Crippen molar-refractivity contribution in [3.05, 3.63) is 29.8 Å². The molecular formula is C13H18N2O4S. The Kier molecular flexibility index (Phi) is 4.42. The van der Waals surface area contributed by atoms with E-state index in [1.54, 1.807) is 17.0 Å². The number of carbonyl (C=O) groups excluding carboxylic acids is 1. The van der Waals surface area contributed by atoms with Crippen LogP contribution < -0.4 is 4.72 Å². The zero-order valence-corrected chi connectivity index (χ0v) is 12.3. The highest BCUT2D eigenvalue weighted by atomic mass is 32.2. The van der Waals surface area contributed by atoms with E-state index in [-0.39, 0.29) is 16.9 Å². The van der Waals surface area contributed by atoms with Gasteiger partial charge in [-0.25, -0.2) is 13.1 Å². The van der Waals surface area contributed by atoms with E-state index in [9.17, 15) is 13.2 Å². The summed E-state index contributed by atoms with van der Waals surface area (Å²) in [5, 5.41) is 0. The summed E-state index contributed by atoms with van der Waals surface area (Å²) in [6, 6.07) is 6.05. The maximum absolute atomic E-state index is 12.4. The van der Waals surface area contributed by atoms with Crippen LogP contribution in [0.25, 0.3) is 0 Å². The summed E-state index contributed by atoms with van der Waals surface area (Å²) in [7, 11) is -2.20. The van der Waals surface area contributed by atoms with Crippen LogP contribution in [-0.2, 0) is 14.8 Å². The molecule has 1 aliphatic heterocycles. The Balaban J connectivity index is 2.25. The van der Waals surface area contributed by atoms with Gasteiger partial charge in [-0.05, 0) is 32.2 Å². The Labute approximate surface area is 118 Å². The van der Waals surface area contributed by atoms with Gasteiger partial charge in [0.25, 0.3) is 5.91 Å². The van der Waals surface area contributed by atoms with Crippen LogP contribution in [0.4, 0.5) is 0 Å². The van der Waals surface area contributed by atoms with Crippen molar-refractivity contribution < 1.29 is 17.9 Å². The smallest absolute Gasteiger partial charge is 0.254 e. The van der Waals surface area contributed by atoms with Crippen LogP contribution in [0.5, 0.6) is 0 Å². The van der Waals surface area contributed by atoms with Gasteiger partial charge < -0.3 is 9.64 Å². The summed E-state index contributed by atoms with van der Waals surface area (Å²) in [4.78, 5) is 14.1. The molecule has 1 aromatic rings. The second-order valence-corrected chi connectivity index (χ2v) is 6.55. The van der Waals surface area contributed by atoms with Crippen LogP contribution in [0.15, 0.2) is 29.2 Å². The Morgan fingerprint density at radius 1 is 1.45 bits per heavy atom. The molecule has 0 aromatic heterocycles. The van der Waals surface area contributed by atoms with Gasteiger partial charge in [0.05, 0.1) is 17.6 Å². The molecule has 1 N–H and O–H groups in total. The maximum Gasteiger partial charge on any atom is 0.254 e. The predicted octanol–water partition coefficient (Wildman–Crippen LogP) is 0.456. The SMILES string of the molecule is CNS(=O)(=O)c1cccc(C(=O)N2CCOC(C)C2)c1. The van der Waals surface area contributed by atoms with Crippen LogP contribution in [-0.4, -0.2) is 52.1 Å². The zero-order valence-electron chi connectivity index (χ0n) is 11.5. The average molecular weight is 298 g/mol. The molecule has 7 heteroatoms. The van der Waals surface area contributed by atoms with Crippen LogP contribution >= 0.6 is 0 Å². The highest BCUT2D eigenvalue weighted by molar-refractivity contribution is 7.89. The van der Waals surface area contributed by atoms with Gasteiger partial charge in [-0.15, -0.1) is 0 Å². The number of ether oxygens (including phenoxy) is 1. The van der Waals surface area contributed by atoms with Crippen molar-refractivity contribution in [2.45, 2.75) is 17.9 Å². The minimum Gasteiger partial charge on any atom is -0.375 e. The molecule has 0 spiro atoms. The van der Waals surface area contributed by atoms with Gasteiger partial charge in [-0.2, -0.15) is 0 Å². The largest absolute Gasteiger partial charge is 0.375 e. The van der Waals surface area contributed by atoms with E-state index >= 15 is 0 Å². The molecule has 1 fully saturated rings. The third-order valence-corrected chi connectivity index (χ3v) is 4.60. The van der Waals surface area contributed by atoms with Gasteiger partial charge >= 0.3 is 0 Å². The molecule has 1 atom stereocenters. The molecule has 0 bridgehead atoms. The first kappa shape index (κ1) is 15.0. The first-order chi connectivity index (χ1) is 9.44. The lowest BCUT2D eigenvalue weighted by molar-refractivity contribution is -0.0124. The van der Waals surface area contributed by atoms with E-state index in [0.717, 1.165) is 0 Å². The standard InChI is InChI=1S/C13H18N2O4S/c1-10-9-15(6-7-19-10)13(16)11-4-3-5-12(8-11)20(17,18)14-2/h3-5,8,10,14H,6-7,9H2,1-2H3. The molecule has 0 aliphatic carbocycles. The minimum atomic E-state index is -3.54. The molecule has 2 rings (SSSR count). The third kappa shape index (κ3) is 3.17. The van der Waals surface area contributed by atoms with Crippen molar-refractivity contribution in [2.75, 3.05) is 26.7 Å². The molecule has 0 saturated carbocycles. The molecule has 1 amide bonds. The molecule has 1 aliphatic rings. The molecule has 1 saturated heterocycles. The Hall–Kier alpha value is -1.44. The Morgan fingerprint density at radius 2 is 2.20 bits per heavy atom. The second-order valence-electron chi connectivity index (χ2n) is 4.67. The van der Waals surface area contributed by atoms with Crippen LogP contribution in [0.2, 0.25) is 0 Å². The number of rotatable bonds is 3. The Bertz CT molecular complexity index is 600. The van der Waals surface area contributed by atoms with Crippen molar-refractivity contribution in [2.24, 2.45) is 0 Å². The van der Waals surface area contributed by atoms with E-state index in [0.29, 0.717) is 25.3 Å². The minimum absolute atomic E-state index is 0.00285. The van der Waals surface area contributed by atoms with Gasteiger partial charge in [-0.1, -0.05) is 6.07 Å². The predicted molar refractivity (Wildman–Crippen MR) is 74.0 cm³/mol. The highest BCUT2D eigenvalue weighted by Gasteiger charge is 2.23. The fourth-order valence-corrected chi connectivity index (χ4v) is 2.88. The molecule has 1 aromatic carbocycles. The van der Waals surface area contributed by atoms with Crippen molar-refractivity contribution in [1.29, 1.82) is 0 Å². The number of hydrogen-bond acceptors (Lipinski definition) is 4. The van der Waals surface area contributed by atoms with Crippen LogP contribution in [0.1, 0.15) is 17.3 Å². The van der Waals surface area contributed by atoms with Gasteiger partial charge in [0.1, 0.15) is 0 Å². The van der Waals surface area contributed by atoms with Crippen LogP contribution in [0, 0.1) is 0 Å². The van der Waals surface area contributed by atoms with Gasteiger partial charge in [-0.3, -0.25) is 4.79 Å². The number of nitrogens with one attached hydrogen (secondary N) is 1. The molecule has 1 heterocycles. The number of morpholine rings is 1.